The number of guanidine groups is 1. The average molecular weight is 542 g/mol. The zero-order valence-electron chi connectivity index (χ0n) is 16.7. The molecule has 1 atom stereocenters. The fourth-order valence-corrected chi connectivity index (χ4v) is 4.68. The summed E-state index contributed by atoms with van der Waals surface area (Å²) in [6, 6.07) is 4.05. The number of hydrogen-bond acceptors (Lipinski definition) is 4. The summed E-state index contributed by atoms with van der Waals surface area (Å²) >= 11 is 7.65. The second kappa shape index (κ2) is 13.3. The number of thiophene rings is 1. The SMILES string of the molecule is CCNC(=NCCc1ccc(Cl)s1)N1CCC(OCC2CCCCO2)CC1.I. The van der Waals surface area contributed by atoms with Crippen molar-refractivity contribution in [3.8, 4) is 0 Å². The zero-order valence-corrected chi connectivity index (χ0v) is 20.6. The molecule has 3 heterocycles. The molecule has 1 aromatic rings. The van der Waals surface area contributed by atoms with Crippen molar-refractivity contribution < 1.29 is 9.47 Å². The Bertz CT molecular complexity index is 588. The van der Waals surface area contributed by atoms with Crippen molar-refractivity contribution in [2.24, 2.45) is 4.99 Å². The second-order valence-electron chi connectivity index (χ2n) is 7.20. The number of hydrogen-bond donors (Lipinski definition) is 1. The lowest BCUT2D eigenvalue weighted by Crippen LogP contribution is -2.47. The Hall–Kier alpha value is -0.0900. The molecule has 1 N–H and O–H groups in total. The van der Waals surface area contributed by atoms with Crippen LogP contribution in [0, 0.1) is 0 Å². The van der Waals surface area contributed by atoms with E-state index in [0.29, 0.717) is 12.2 Å². The molecule has 0 radical (unpaired) electrons. The highest BCUT2D eigenvalue weighted by Crippen LogP contribution is 2.22. The van der Waals surface area contributed by atoms with E-state index in [1.807, 2.05) is 6.07 Å². The first kappa shape index (κ1) is 24.2. The van der Waals surface area contributed by atoms with Crippen molar-refractivity contribution in [1.29, 1.82) is 0 Å². The van der Waals surface area contributed by atoms with Gasteiger partial charge in [0.25, 0.3) is 0 Å². The van der Waals surface area contributed by atoms with Gasteiger partial charge in [0, 0.05) is 44.1 Å². The van der Waals surface area contributed by atoms with Gasteiger partial charge in [0.05, 0.1) is 23.2 Å². The third kappa shape index (κ3) is 7.97. The lowest BCUT2D eigenvalue weighted by molar-refractivity contribution is -0.0721. The summed E-state index contributed by atoms with van der Waals surface area (Å²) < 4.78 is 12.7. The maximum absolute atomic E-state index is 6.13. The Labute approximate surface area is 195 Å². The predicted molar refractivity (Wildman–Crippen MR) is 129 cm³/mol. The van der Waals surface area contributed by atoms with E-state index in [4.69, 9.17) is 26.1 Å². The van der Waals surface area contributed by atoms with Crippen LogP contribution in [0.3, 0.4) is 0 Å². The van der Waals surface area contributed by atoms with E-state index in [9.17, 15) is 0 Å². The Morgan fingerprint density at radius 1 is 1.32 bits per heavy atom. The number of piperidine rings is 1. The maximum Gasteiger partial charge on any atom is 0.193 e. The summed E-state index contributed by atoms with van der Waals surface area (Å²) in [6.07, 6.45) is 7.31. The summed E-state index contributed by atoms with van der Waals surface area (Å²) in [6.45, 7) is 7.43. The minimum atomic E-state index is 0. The summed E-state index contributed by atoms with van der Waals surface area (Å²) in [4.78, 5) is 8.47. The Balaban J connectivity index is 0.00000280. The molecule has 0 amide bonds. The molecule has 3 rings (SSSR count). The van der Waals surface area contributed by atoms with Crippen molar-refractivity contribution >= 4 is 52.9 Å². The fourth-order valence-electron chi connectivity index (χ4n) is 3.60. The maximum atomic E-state index is 6.13. The summed E-state index contributed by atoms with van der Waals surface area (Å²) in [7, 11) is 0. The molecule has 5 nitrogen and oxygen atoms in total. The summed E-state index contributed by atoms with van der Waals surface area (Å²) in [5, 5.41) is 3.43. The molecule has 0 spiro atoms. The average Bonchev–Trinajstić information content (AvgIpc) is 3.12. The molecule has 160 valence electrons. The van der Waals surface area contributed by atoms with Crippen LogP contribution in [0.25, 0.3) is 0 Å². The second-order valence-corrected chi connectivity index (χ2v) is 9.00. The molecule has 1 aromatic heterocycles. The number of nitrogens with zero attached hydrogens (tertiary/aromatic N) is 2. The highest BCUT2D eigenvalue weighted by atomic mass is 127. The van der Waals surface area contributed by atoms with E-state index in [0.717, 1.165) is 75.4 Å². The topological polar surface area (TPSA) is 46.1 Å². The van der Waals surface area contributed by atoms with Gasteiger partial charge in [-0.1, -0.05) is 11.6 Å². The van der Waals surface area contributed by atoms with Gasteiger partial charge in [0.15, 0.2) is 5.96 Å². The zero-order chi connectivity index (χ0) is 18.9. The minimum absolute atomic E-state index is 0. The highest BCUT2D eigenvalue weighted by molar-refractivity contribution is 14.0. The van der Waals surface area contributed by atoms with Gasteiger partial charge >= 0.3 is 0 Å². The van der Waals surface area contributed by atoms with E-state index in [1.165, 1.54) is 17.7 Å². The minimum Gasteiger partial charge on any atom is -0.376 e. The fraction of sp³-hybridized carbons (Fsp3) is 0.750. The van der Waals surface area contributed by atoms with Crippen molar-refractivity contribution in [2.45, 2.75) is 57.7 Å². The standard InChI is InChI=1S/C20H32ClN3O2S.HI/c1-2-22-20(23-11-8-18-6-7-19(21)27-18)24-12-9-16(10-13-24)26-15-17-5-3-4-14-25-17;/h6-7,16-17H,2-5,8-15H2,1H3,(H,22,23);1H. The molecular formula is C20H33ClIN3O2S. The van der Waals surface area contributed by atoms with Gasteiger partial charge in [-0.05, 0) is 51.2 Å². The molecule has 0 aliphatic carbocycles. The summed E-state index contributed by atoms with van der Waals surface area (Å²) in [5.41, 5.74) is 0. The van der Waals surface area contributed by atoms with Crippen molar-refractivity contribution in [3.05, 3.63) is 21.3 Å². The van der Waals surface area contributed by atoms with Gasteiger partial charge in [0.2, 0.25) is 0 Å². The van der Waals surface area contributed by atoms with E-state index >= 15 is 0 Å². The van der Waals surface area contributed by atoms with Crippen LogP contribution in [0.2, 0.25) is 4.34 Å². The first-order valence-corrected chi connectivity index (χ1v) is 11.4. The number of halogens is 2. The first-order valence-electron chi connectivity index (χ1n) is 10.2. The molecule has 8 heteroatoms. The molecule has 28 heavy (non-hydrogen) atoms. The first-order chi connectivity index (χ1) is 13.2. The lowest BCUT2D eigenvalue weighted by Gasteiger charge is -2.35. The molecule has 2 aliphatic heterocycles. The van der Waals surface area contributed by atoms with Gasteiger partial charge in [-0.25, -0.2) is 0 Å². The third-order valence-electron chi connectivity index (χ3n) is 5.12. The quantitative estimate of drug-likeness (QED) is 0.312. The van der Waals surface area contributed by atoms with Crippen molar-refractivity contribution in [3.63, 3.8) is 0 Å². The van der Waals surface area contributed by atoms with E-state index in [2.05, 4.69) is 23.2 Å². The van der Waals surface area contributed by atoms with Crippen LogP contribution in [-0.4, -0.2) is 62.5 Å². The largest absolute Gasteiger partial charge is 0.376 e. The Morgan fingerprint density at radius 2 is 2.14 bits per heavy atom. The van der Waals surface area contributed by atoms with Crippen LogP contribution in [0.15, 0.2) is 17.1 Å². The molecule has 2 aliphatic rings. The monoisotopic (exact) mass is 541 g/mol. The van der Waals surface area contributed by atoms with Gasteiger partial charge in [-0.2, -0.15) is 0 Å². The van der Waals surface area contributed by atoms with Crippen molar-refractivity contribution in [1.82, 2.24) is 10.2 Å². The van der Waals surface area contributed by atoms with Crippen LogP contribution in [0.5, 0.6) is 0 Å². The lowest BCUT2D eigenvalue weighted by atomic mass is 10.1. The molecule has 0 bridgehead atoms. The Kier molecular flexibility index (Phi) is 11.5. The number of nitrogens with one attached hydrogen (secondary N) is 1. The number of likely N-dealkylation sites (tertiary alicyclic amines) is 1. The van der Waals surface area contributed by atoms with Gasteiger partial charge in [-0.15, -0.1) is 35.3 Å². The van der Waals surface area contributed by atoms with Crippen LogP contribution in [-0.2, 0) is 15.9 Å². The molecule has 0 saturated carbocycles. The van der Waals surface area contributed by atoms with Gasteiger partial charge in [0.1, 0.15) is 0 Å². The van der Waals surface area contributed by atoms with E-state index in [-0.39, 0.29) is 24.0 Å². The van der Waals surface area contributed by atoms with Crippen LogP contribution in [0.1, 0.15) is 43.9 Å². The number of ether oxygens (including phenoxy) is 2. The van der Waals surface area contributed by atoms with Gasteiger partial charge in [-0.3, -0.25) is 4.99 Å². The van der Waals surface area contributed by atoms with Crippen LogP contribution in [0.4, 0.5) is 0 Å². The Morgan fingerprint density at radius 3 is 2.79 bits per heavy atom. The number of aliphatic imine (C=N–C) groups is 1. The van der Waals surface area contributed by atoms with E-state index < -0.39 is 0 Å². The highest BCUT2D eigenvalue weighted by Gasteiger charge is 2.23. The molecule has 2 saturated heterocycles. The van der Waals surface area contributed by atoms with Crippen LogP contribution >= 0.6 is 46.9 Å². The van der Waals surface area contributed by atoms with Crippen molar-refractivity contribution in [2.75, 3.05) is 39.4 Å². The van der Waals surface area contributed by atoms with Gasteiger partial charge < -0.3 is 19.7 Å². The normalized spacial score (nSPS) is 21.4. The molecule has 2 fully saturated rings. The third-order valence-corrected chi connectivity index (χ3v) is 6.41. The molecule has 1 unspecified atom stereocenters. The predicted octanol–water partition coefficient (Wildman–Crippen LogP) is 4.58. The molecular weight excluding hydrogens is 509 g/mol. The van der Waals surface area contributed by atoms with Crippen LogP contribution < -0.4 is 5.32 Å². The number of rotatable bonds is 7. The smallest absolute Gasteiger partial charge is 0.193 e. The summed E-state index contributed by atoms with van der Waals surface area (Å²) in [5.74, 6) is 1.02. The molecule has 0 aromatic carbocycles. The van der Waals surface area contributed by atoms with E-state index in [1.54, 1.807) is 11.3 Å².